The number of imide groups is 1. The smallest absolute Gasteiger partial charge is 0.280 e. The zero-order chi connectivity index (χ0) is 21.3. The molecule has 152 valence electrons. The van der Waals surface area contributed by atoms with Crippen LogP contribution in [-0.2, 0) is 16.6 Å². The molecule has 4 rings (SSSR count). The van der Waals surface area contributed by atoms with Gasteiger partial charge in [-0.1, -0.05) is 6.07 Å². The van der Waals surface area contributed by atoms with Gasteiger partial charge in [0.15, 0.2) is 0 Å². The summed E-state index contributed by atoms with van der Waals surface area (Å²) < 4.78 is 33.4. The first-order valence-corrected chi connectivity index (χ1v) is 10.3. The Balaban J connectivity index is 1.65. The maximum absolute atomic E-state index is 12.9. The first kappa shape index (κ1) is 19.5. The molecule has 0 spiro atoms. The minimum atomic E-state index is -4.01. The summed E-state index contributed by atoms with van der Waals surface area (Å²) in [5.74, 6) is -0.875. The molecule has 1 aromatic carbocycles. The van der Waals surface area contributed by atoms with Crippen molar-refractivity contribution in [3.63, 3.8) is 0 Å². The molecule has 0 atom stereocenters. The van der Waals surface area contributed by atoms with Crippen LogP contribution in [0.4, 0.5) is 5.69 Å². The van der Waals surface area contributed by atoms with E-state index in [9.17, 15) is 18.0 Å². The normalized spacial score (nSPS) is 13.3. The van der Waals surface area contributed by atoms with E-state index in [1.807, 2.05) is 0 Å². The van der Waals surface area contributed by atoms with Crippen LogP contribution >= 0.6 is 0 Å². The summed E-state index contributed by atoms with van der Waals surface area (Å²) in [5, 5.41) is 0. The lowest BCUT2D eigenvalue weighted by Gasteiger charge is -2.16. The number of aromatic nitrogens is 2. The highest BCUT2D eigenvalue weighted by Gasteiger charge is 2.36. The summed E-state index contributed by atoms with van der Waals surface area (Å²) >= 11 is 0. The lowest BCUT2D eigenvalue weighted by Crippen LogP contribution is -2.29. The minimum absolute atomic E-state index is 0.0853. The number of hydrogen-bond donors (Lipinski definition) is 1. The van der Waals surface area contributed by atoms with Gasteiger partial charge in [-0.05, 0) is 42.0 Å². The van der Waals surface area contributed by atoms with Crippen LogP contribution in [0.2, 0.25) is 0 Å². The molecule has 3 heterocycles. The zero-order valence-corrected chi connectivity index (χ0v) is 16.6. The highest BCUT2D eigenvalue weighted by molar-refractivity contribution is 7.92. The lowest BCUT2D eigenvalue weighted by atomic mass is 10.2. The van der Waals surface area contributed by atoms with Gasteiger partial charge in [-0.2, -0.15) is 0 Å². The fraction of sp³-hybridized carbons (Fsp3) is 0.100. The van der Waals surface area contributed by atoms with Gasteiger partial charge in [0.2, 0.25) is 0 Å². The third-order valence-corrected chi connectivity index (χ3v) is 5.91. The van der Waals surface area contributed by atoms with E-state index in [0.717, 1.165) is 4.90 Å². The van der Waals surface area contributed by atoms with Crippen LogP contribution in [0.5, 0.6) is 5.75 Å². The molecule has 0 aliphatic carbocycles. The zero-order valence-electron chi connectivity index (χ0n) is 15.8. The number of ether oxygens (including phenoxy) is 1. The summed E-state index contributed by atoms with van der Waals surface area (Å²) in [4.78, 5) is 33.9. The fourth-order valence-corrected chi connectivity index (χ4v) is 4.37. The van der Waals surface area contributed by atoms with Crippen LogP contribution < -0.4 is 9.46 Å². The van der Waals surface area contributed by atoms with Gasteiger partial charge in [-0.3, -0.25) is 29.2 Å². The Morgan fingerprint density at radius 2 is 1.87 bits per heavy atom. The number of anilines is 1. The van der Waals surface area contributed by atoms with Gasteiger partial charge in [0.25, 0.3) is 21.8 Å². The second-order valence-electron chi connectivity index (χ2n) is 6.43. The van der Waals surface area contributed by atoms with Crippen molar-refractivity contribution in [1.82, 2.24) is 14.9 Å². The van der Waals surface area contributed by atoms with Gasteiger partial charge in [0.05, 0.1) is 31.1 Å². The molecule has 0 saturated heterocycles. The van der Waals surface area contributed by atoms with Crippen LogP contribution in [0, 0.1) is 0 Å². The van der Waals surface area contributed by atoms with E-state index in [0.29, 0.717) is 5.56 Å². The summed E-state index contributed by atoms with van der Waals surface area (Å²) in [6, 6.07) is 10.7. The maximum Gasteiger partial charge on any atom is 0.280 e. The number of benzene rings is 1. The van der Waals surface area contributed by atoms with Crippen molar-refractivity contribution in [2.45, 2.75) is 11.4 Å². The number of methoxy groups -OCH3 is 1. The first-order valence-electron chi connectivity index (χ1n) is 8.81. The van der Waals surface area contributed by atoms with Crippen LogP contribution in [0.15, 0.2) is 66.0 Å². The predicted molar refractivity (Wildman–Crippen MR) is 106 cm³/mol. The van der Waals surface area contributed by atoms with Crippen molar-refractivity contribution in [1.29, 1.82) is 0 Å². The molecular formula is C20H16N4O5S. The van der Waals surface area contributed by atoms with Crippen molar-refractivity contribution in [3.8, 4) is 5.75 Å². The van der Waals surface area contributed by atoms with Crippen molar-refractivity contribution < 1.29 is 22.7 Å². The number of nitrogens with zero attached hydrogens (tertiary/aromatic N) is 3. The van der Waals surface area contributed by atoms with Crippen LogP contribution in [0.3, 0.4) is 0 Å². The second kappa shape index (κ2) is 7.56. The predicted octanol–water partition coefficient (Wildman–Crippen LogP) is 2.08. The quantitative estimate of drug-likeness (QED) is 0.602. The van der Waals surface area contributed by atoms with Crippen LogP contribution in [-0.4, -0.2) is 42.2 Å². The molecule has 1 aliphatic heterocycles. The van der Waals surface area contributed by atoms with Crippen molar-refractivity contribution in [2.24, 2.45) is 0 Å². The number of nitrogens with one attached hydrogen (secondary N) is 1. The third kappa shape index (κ3) is 3.48. The Morgan fingerprint density at radius 1 is 1.07 bits per heavy atom. The molecule has 0 saturated carbocycles. The van der Waals surface area contributed by atoms with Crippen LogP contribution in [0.25, 0.3) is 0 Å². The second-order valence-corrected chi connectivity index (χ2v) is 8.08. The highest BCUT2D eigenvalue weighted by Crippen LogP contribution is 2.29. The Hall–Kier alpha value is -3.79. The molecule has 0 fully saturated rings. The number of fused-ring (bicyclic) bond motifs is 1. The first-order chi connectivity index (χ1) is 14.4. The van der Waals surface area contributed by atoms with Gasteiger partial charge in [0, 0.05) is 12.4 Å². The van der Waals surface area contributed by atoms with Gasteiger partial charge in [-0.25, -0.2) is 8.42 Å². The molecule has 3 aromatic rings. The van der Waals surface area contributed by atoms with Crippen LogP contribution in [0.1, 0.15) is 26.4 Å². The molecule has 1 N–H and O–H groups in total. The number of sulfonamides is 1. The molecule has 30 heavy (non-hydrogen) atoms. The fourth-order valence-electron chi connectivity index (χ4n) is 3.10. The van der Waals surface area contributed by atoms with E-state index in [-0.39, 0.29) is 34.1 Å². The summed E-state index contributed by atoms with van der Waals surface area (Å²) in [6.45, 7) is -0.104. The number of carbonyl (C=O) groups is 2. The van der Waals surface area contributed by atoms with E-state index >= 15 is 0 Å². The molecule has 2 amide bonds. The van der Waals surface area contributed by atoms with E-state index in [1.165, 1.54) is 43.9 Å². The summed E-state index contributed by atoms with van der Waals surface area (Å²) in [5.41, 5.74) is 1.04. The monoisotopic (exact) mass is 424 g/mol. The van der Waals surface area contributed by atoms with Gasteiger partial charge >= 0.3 is 0 Å². The maximum atomic E-state index is 12.9. The molecule has 2 aromatic heterocycles. The summed E-state index contributed by atoms with van der Waals surface area (Å²) in [7, 11) is -2.65. The number of carbonyl (C=O) groups excluding carboxylic acids is 2. The van der Waals surface area contributed by atoms with Gasteiger partial charge in [0.1, 0.15) is 16.3 Å². The minimum Gasteiger partial charge on any atom is -0.495 e. The van der Waals surface area contributed by atoms with E-state index in [4.69, 9.17) is 4.74 Å². The van der Waals surface area contributed by atoms with E-state index < -0.39 is 21.8 Å². The van der Waals surface area contributed by atoms with Gasteiger partial charge < -0.3 is 4.74 Å². The molecule has 0 radical (unpaired) electrons. The lowest BCUT2D eigenvalue weighted by molar-refractivity contribution is 0.0640. The highest BCUT2D eigenvalue weighted by atomic mass is 32.2. The number of amides is 2. The average Bonchev–Trinajstić information content (AvgIpc) is 2.99. The summed E-state index contributed by atoms with van der Waals surface area (Å²) in [6.07, 6.45) is 4.34. The Labute approximate surface area is 172 Å². The van der Waals surface area contributed by atoms with Crippen molar-refractivity contribution >= 4 is 27.5 Å². The average molecular weight is 424 g/mol. The topological polar surface area (TPSA) is 119 Å². The Kier molecular flexibility index (Phi) is 4.92. The number of rotatable bonds is 6. The third-order valence-electron chi connectivity index (χ3n) is 4.50. The van der Waals surface area contributed by atoms with E-state index in [1.54, 1.807) is 24.3 Å². The van der Waals surface area contributed by atoms with Crippen molar-refractivity contribution in [3.05, 3.63) is 77.9 Å². The molecule has 10 heteroatoms. The van der Waals surface area contributed by atoms with Crippen molar-refractivity contribution in [2.75, 3.05) is 11.8 Å². The molecular weight excluding hydrogens is 408 g/mol. The molecule has 9 nitrogen and oxygen atoms in total. The van der Waals surface area contributed by atoms with E-state index in [2.05, 4.69) is 14.7 Å². The Bertz CT molecular complexity index is 1210. The van der Waals surface area contributed by atoms with Gasteiger partial charge in [-0.15, -0.1) is 0 Å². The molecule has 0 bridgehead atoms. The standard InChI is InChI=1S/C20H16N4O5S/c1-29-16-7-6-13(10-17(16)30(27,28)23-14-4-2-8-21-11-14)12-24-19(25)15-5-3-9-22-18(15)20(24)26/h2-11,23H,12H2,1H3. The molecule has 0 unspecified atom stereocenters. The number of hydrogen-bond acceptors (Lipinski definition) is 7. The molecule has 1 aliphatic rings. The number of pyridine rings is 2. The SMILES string of the molecule is COc1ccc(CN2C(=O)c3cccnc3C2=O)cc1S(=O)(=O)Nc1cccnc1. The Morgan fingerprint density at radius 3 is 2.57 bits per heavy atom. The largest absolute Gasteiger partial charge is 0.495 e.